The summed E-state index contributed by atoms with van der Waals surface area (Å²) in [6, 6.07) is 5.70. The minimum atomic E-state index is 0.597. The van der Waals surface area contributed by atoms with Crippen molar-refractivity contribution in [1.29, 1.82) is 0 Å². The molecule has 0 aliphatic heterocycles. The van der Waals surface area contributed by atoms with Crippen molar-refractivity contribution >= 4 is 45.1 Å². The smallest absolute Gasteiger partial charge is 0.158 e. The van der Waals surface area contributed by atoms with Crippen LogP contribution in [0.1, 0.15) is 6.42 Å². The summed E-state index contributed by atoms with van der Waals surface area (Å²) < 4.78 is 6.71. The van der Waals surface area contributed by atoms with E-state index in [1.807, 2.05) is 18.2 Å². The average Bonchev–Trinajstić information content (AvgIpc) is 2.33. The van der Waals surface area contributed by atoms with Crippen molar-refractivity contribution in [3.05, 3.63) is 33.0 Å². The number of pyridine rings is 1. The lowest BCUT2D eigenvalue weighted by molar-refractivity contribution is 0.314. The lowest BCUT2D eigenvalue weighted by atomic mass is 10.2. The molecular weight excluding hydrogens is 351 g/mol. The lowest BCUT2D eigenvalue weighted by Gasteiger charge is -2.11. The maximum Gasteiger partial charge on any atom is 0.158 e. The Labute approximate surface area is 118 Å². The number of rotatable bonds is 4. The van der Waals surface area contributed by atoms with Crippen LogP contribution in [0.5, 0.6) is 5.75 Å². The van der Waals surface area contributed by atoms with Gasteiger partial charge in [0, 0.05) is 11.6 Å². The van der Waals surface area contributed by atoms with Crippen LogP contribution in [0.2, 0.25) is 5.02 Å². The normalized spacial score (nSPS) is 10.8. The average molecular weight is 363 g/mol. The highest BCUT2D eigenvalue weighted by Crippen LogP contribution is 2.34. The summed E-state index contributed by atoms with van der Waals surface area (Å²) >= 11 is 8.38. The Morgan fingerprint density at radius 1 is 1.47 bits per heavy atom. The van der Waals surface area contributed by atoms with Crippen LogP contribution < -0.4 is 10.5 Å². The molecule has 0 spiro atoms. The SMILES string of the molecule is NCCCOc1c(I)cc(Cl)c2cccnc12. The van der Waals surface area contributed by atoms with Gasteiger partial charge in [-0.15, -0.1) is 0 Å². The van der Waals surface area contributed by atoms with Crippen molar-refractivity contribution in [3.8, 4) is 5.75 Å². The Bertz CT molecular complexity index is 533. The predicted molar refractivity (Wildman–Crippen MR) is 78.6 cm³/mol. The minimum absolute atomic E-state index is 0.597. The van der Waals surface area contributed by atoms with Gasteiger partial charge in [-0.05, 0) is 53.8 Å². The first-order chi connectivity index (χ1) is 8.24. The molecule has 1 aromatic carbocycles. The van der Waals surface area contributed by atoms with E-state index < -0.39 is 0 Å². The molecule has 5 heteroatoms. The summed E-state index contributed by atoms with van der Waals surface area (Å²) in [6.45, 7) is 1.22. The van der Waals surface area contributed by atoms with Gasteiger partial charge in [-0.25, -0.2) is 0 Å². The van der Waals surface area contributed by atoms with Crippen LogP contribution in [0.15, 0.2) is 24.4 Å². The summed E-state index contributed by atoms with van der Waals surface area (Å²) in [6.07, 6.45) is 2.57. The number of hydrogen-bond donors (Lipinski definition) is 1. The van der Waals surface area contributed by atoms with Gasteiger partial charge in [0.2, 0.25) is 0 Å². The van der Waals surface area contributed by atoms with E-state index in [4.69, 9.17) is 22.1 Å². The van der Waals surface area contributed by atoms with E-state index in [2.05, 4.69) is 27.6 Å². The summed E-state index contributed by atoms with van der Waals surface area (Å²) in [5.41, 5.74) is 6.26. The number of halogens is 2. The number of aromatic nitrogens is 1. The van der Waals surface area contributed by atoms with Crippen molar-refractivity contribution in [2.24, 2.45) is 5.73 Å². The van der Waals surface area contributed by atoms with Gasteiger partial charge < -0.3 is 10.5 Å². The van der Waals surface area contributed by atoms with Crippen molar-refractivity contribution in [2.45, 2.75) is 6.42 Å². The summed E-state index contributed by atoms with van der Waals surface area (Å²) in [5.74, 6) is 0.791. The van der Waals surface area contributed by atoms with E-state index in [-0.39, 0.29) is 0 Å². The third-order valence-electron chi connectivity index (χ3n) is 2.35. The molecule has 0 fully saturated rings. The van der Waals surface area contributed by atoms with Crippen LogP contribution in [0, 0.1) is 3.57 Å². The van der Waals surface area contributed by atoms with Gasteiger partial charge in [-0.3, -0.25) is 4.98 Å². The van der Waals surface area contributed by atoms with Crippen molar-refractivity contribution in [1.82, 2.24) is 4.98 Å². The van der Waals surface area contributed by atoms with Gasteiger partial charge in [0.25, 0.3) is 0 Å². The van der Waals surface area contributed by atoms with Gasteiger partial charge in [0.15, 0.2) is 5.75 Å². The van der Waals surface area contributed by atoms with Crippen molar-refractivity contribution < 1.29 is 4.74 Å². The zero-order valence-electron chi connectivity index (χ0n) is 9.12. The Kier molecular flexibility index (Phi) is 4.42. The molecule has 0 unspecified atom stereocenters. The molecule has 90 valence electrons. The van der Waals surface area contributed by atoms with Gasteiger partial charge in [0.05, 0.1) is 15.2 Å². The quantitative estimate of drug-likeness (QED) is 0.671. The molecule has 2 aromatic rings. The van der Waals surface area contributed by atoms with Crippen LogP contribution in [-0.4, -0.2) is 18.1 Å². The van der Waals surface area contributed by atoms with Gasteiger partial charge in [-0.1, -0.05) is 11.6 Å². The maximum absolute atomic E-state index is 6.18. The summed E-state index contributed by atoms with van der Waals surface area (Å²) in [7, 11) is 0. The highest BCUT2D eigenvalue weighted by Gasteiger charge is 2.11. The molecule has 2 N–H and O–H groups in total. The van der Waals surface area contributed by atoms with Crippen LogP contribution in [0.25, 0.3) is 10.9 Å². The molecule has 0 aliphatic rings. The van der Waals surface area contributed by atoms with Crippen LogP contribution in [0.3, 0.4) is 0 Å². The molecule has 0 saturated heterocycles. The first-order valence-corrected chi connectivity index (χ1v) is 6.75. The molecule has 2 rings (SSSR count). The monoisotopic (exact) mass is 362 g/mol. The molecule has 0 atom stereocenters. The standard InChI is InChI=1S/C12H12ClIN2O/c13-9-7-10(14)12(17-6-2-4-15)11-8(9)3-1-5-16-11/h1,3,5,7H,2,4,6,15H2. The molecule has 17 heavy (non-hydrogen) atoms. The number of fused-ring (bicyclic) bond motifs is 1. The minimum Gasteiger partial charge on any atom is -0.490 e. The fourth-order valence-electron chi connectivity index (χ4n) is 1.54. The third kappa shape index (κ3) is 2.81. The zero-order valence-corrected chi connectivity index (χ0v) is 12.0. The van der Waals surface area contributed by atoms with E-state index in [1.165, 1.54) is 0 Å². The summed E-state index contributed by atoms with van der Waals surface area (Å²) in [4.78, 5) is 4.34. The number of hydrogen-bond acceptors (Lipinski definition) is 3. The molecule has 3 nitrogen and oxygen atoms in total. The Morgan fingerprint density at radius 2 is 2.29 bits per heavy atom. The maximum atomic E-state index is 6.18. The van der Waals surface area contributed by atoms with Crippen LogP contribution >= 0.6 is 34.2 Å². The number of benzene rings is 1. The molecule has 0 bridgehead atoms. The fraction of sp³-hybridized carbons (Fsp3) is 0.250. The topological polar surface area (TPSA) is 48.1 Å². The van der Waals surface area contributed by atoms with Crippen LogP contribution in [0.4, 0.5) is 0 Å². The molecule has 0 aliphatic carbocycles. The predicted octanol–water partition coefficient (Wildman–Crippen LogP) is 3.22. The Balaban J connectivity index is 2.46. The molecule has 0 amide bonds. The second-order valence-electron chi connectivity index (χ2n) is 3.56. The van der Waals surface area contributed by atoms with E-state index in [9.17, 15) is 0 Å². The molecule has 0 radical (unpaired) electrons. The molecule has 1 aromatic heterocycles. The largest absolute Gasteiger partial charge is 0.490 e. The van der Waals surface area contributed by atoms with Gasteiger partial charge in [0.1, 0.15) is 5.52 Å². The Hall–Kier alpha value is -0.590. The first-order valence-electron chi connectivity index (χ1n) is 5.29. The summed E-state index contributed by atoms with van der Waals surface area (Å²) in [5, 5.41) is 1.61. The lowest BCUT2D eigenvalue weighted by Crippen LogP contribution is -2.07. The zero-order chi connectivity index (χ0) is 12.3. The van der Waals surface area contributed by atoms with E-state index in [0.717, 1.165) is 26.6 Å². The second-order valence-corrected chi connectivity index (χ2v) is 5.13. The third-order valence-corrected chi connectivity index (χ3v) is 3.46. The van der Waals surface area contributed by atoms with E-state index in [0.29, 0.717) is 18.2 Å². The first kappa shape index (κ1) is 12.9. The van der Waals surface area contributed by atoms with Crippen molar-refractivity contribution in [2.75, 3.05) is 13.2 Å². The number of ether oxygens (including phenoxy) is 1. The molecule has 0 saturated carbocycles. The highest BCUT2D eigenvalue weighted by atomic mass is 127. The number of nitrogens with zero attached hydrogens (tertiary/aromatic N) is 1. The highest BCUT2D eigenvalue weighted by molar-refractivity contribution is 14.1. The second kappa shape index (κ2) is 5.84. The molecular formula is C12H12ClIN2O. The Morgan fingerprint density at radius 3 is 3.06 bits per heavy atom. The van der Waals surface area contributed by atoms with Crippen molar-refractivity contribution in [3.63, 3.8) is 0 Å². The number of nitrogens with two attached hydrogens (primary N) is 1. The van der Waals surface area contributed by atoms with E-state index >= 15 is 0 Å². The molecule has 1 heterocycles. The fourth-order valence-corrected chi connectivity index (χ4v) is 2.71. The van der Waals surface area contributed by atoms with Gasteiger partial charge >= 0.3 is 0 Å². The van der Waals surface area contributed by atoms with E-state index in [1.54, 1.807) is 6.20 Å². The van der Waals surface area contributed by atoms with Crippen LogP contribution in [-0.2, 0) is 0 Å². The van der Waals surface area contributed by atoms with Gasteiger partial charge in [-0.2, -0.15) is 0 Å².